The van der Waals surface area contributed by atoms with Crippen LogP contribution in [-0.4, -0.2) is 25.4 Å². The van der Waals surface area contributed by atoms with Crippen molar-refractivity contribution in [1.29, 1.82) is 0 Å². The average molecular weight is 309 g/mol. The molecule has 0 unspecified atom stereocenters. The molecule has 0 fully saturated rings. The van der Waals surface area contributed by atoms with E-state index in [9.17, 15) is 4.79 Å². The quantitative estimate of drug-likeness (QED) is 0.804. The molecule has 6 heteroatoms. The second-order valence-corrected chi connectivity index (χ2v) is 5.69. The molecule has 0 spiro atoms. The molecule has 3 aromatic heterocycles. The van der Waals surface area contributed by atoms with Gasteiger partial charge in [0.25, 0.3) is 5.91 Å². The fourth-order valence-corrected chi connectivity index (χ4v) is 2.59. The predicted octanol–water partition coefficient (Wildman–Crippen LogP) is 2.90. The highest BCUT2D eigenvalue weighted by atomic mass is 16.1. The summed E-state index contributed by atoms with van der Waals surface area (Å²) in [4.78, 5) is 25.4. The third kappa shape index (κ3) is 2.92. The lowest BCUT2D eigenvalue weighted by molar-refractivity contribution is 0.0932. The van der Waals surface area contributed by atoms with Gasteiger partial charge >= 0.3 is 0 Å². The van der Waals surface area contributed by atoms with Gasteiger partial charge in [-0.3, -0.25) is 9.78 Å². The maximum absolute atomic E-state index is 12.3. The van der Waals surface area contributed by atoms with Gasteiger partial charge in [-0.1, -0.05) is 6.07 Å². The van der Waals surface area contributed by atoms with Gasteiger partial charge in [0.1, 0.15) is 17.0 Å². The number of imidazole rings is 1. The number of fused-ring (bicyclic) bond motifs is 1. The first-order chi connectivity index (χ1) is 11.1. The molecule has 6 nitrogen and oxygen atoms in total. The highest BCUT2D eigenvalue weighted by Crippen LogP contribution is 2.23. The van der Waals surface area contributed by atoms with Crippen LogP contribution in [0.2, 0.25) is 0 Å². The van der Waals surface area contributed by atoms with Crippen LogP contribution in [0, 0.1) is 0 Å². The van der Waals surface area contributed by atoms with Crippen LogP contribution >= 0.6 is 0 Å². The highest BCUT2D eigenvalue weighted by molar-refractivity contribution is 5.92. The first-order valence-electron chi connectivity index (χ1n) is 7.62. The molecule has 1 N–H and O–H groups in total. The molecule has 0 aliphatic heterocycles. The zero-order valence-corrected chi connectivity index (χ0v) is 13.4. The lowest BCUT2D eigenvalue weighted by atomic mass is 10.2. The molecule has 118 valence electrons. The Labute approximate surface area is 134 Å². The third-order valence-corrected chi connectivity index (χ3v) is 3.62. The molecule has 3 heterocycles. The van der Waals surface area contributed by atoms with Crippen LogP contribution < -0.4 is 5.32 Å². The van der Waals surface area contributed by atoms with Gasteiger partial charge in [0.05, 0.1) is 6.04 Å². The van der Waals surface area contributed by atoms with Gasteiger partial charge in [0.2, 0.25) is 0 Å². The Morgan fingerprint density at radius 1 is 1.09 bits per heavy atom. The van der Waals surface area contributed by atoms with Crippen molar-refractivity contribution in [3.63, 3.8) is 0 Å². The van der Waals surface area contributed by atoms with Crippen LogP contribution in [0.3, 0.4) is 0 Å². The van der Waals surface area contributed by atoms with E-state index in [-0.39, 0.29) is 18.0 Å². The maximum atomic E-state index is 12.3. The van der Waals surface area contributed by atoms with Crippen molar-refractivity contribution in [3.05, 3.63) is 54.2 Å². The number of amides is 1. The summed E-state index contributed by atoms with van der Waals surface area (Å²) in [5.41, 5.74) is 2.05. The summed E-state index contributed by atoms with van der Waals surface area (Å²) in [6.45, 7) is 6.07. The van der Waals surface area contributed by atoms with E-state index >= 15 is 0 Å². The normalized spacial score (nSPS) is 12.5. The molecule has 3 aromatic rings. The van der Waals surface area contributed by atoms with E-state index in [0.29, 0.717) is 5.69 Å². The fourth-order valence-electron chi connectivity index (χ4n) is 2.59. The topological polar surface area (TPSA) is 72.7 Å². The highest BCUT2D eigenvalue weighted by Gasteiger charge is 2.21. The van der Waals surface area contributed by atoms with Gasteiger partial charge in [-0.25, -0.2) is 9.97 Å². The van der Waals surface area contributed by atoms with Crippen LogP contribution in [0.5, 0.6) is 0 Å². The first-order valence-corrected chi connectivity index (χ1v) is 7.62. The largest absolute Gasteiger partial charge is 0.341 e. The van der Waals surface area contributed by atoms with Crippen molar-refractivity contribution in [2.75, 3.05) is 0 Å². The van der Waals surface area contributed by atoms with Crippen LogP contribution in [0.4, 0.5) is 0 Å². The average Bonchev–Trinajstić information content (AvgIpc) is 2.95. The Bertz CT molecular complexity index is 825. The van der Waals surface area contributed by atoms with Gasteiger partial charge in [-0.2, -0.15) is 0 Å². The number of aromatic nitrogens is 4. The van der Waals surface area contributed by atoms with Gasteiger partial charge in [0, 0.05) is 18.4 Å². The smallest absolute Gasteiger partial charge is 0.270 e. The SMILES string of the molecule is CC(C)n1c([C@@H](C)NC(=O)c2ccccn2)nc2cccnc21. The molecule has 3 rings (SSSR count). The molecule has 0 aromatic carbocycles. The molecule has 0 radical (unpaired) electrons. The minimum Gasteiger partial charge on any atom is -0.341 e. The van der Waals surface area contributed by atoms with E-state index in [0.717, 1.165) is 17.0 Å². The van der Waals surface area contributed by atoms with E-state index < -0.39 is 0 Å². The van der Waals surface area contributed by atoms with Gasteiger partial charge < -0.3 is 9.88 Å². The summed E-state index contributed by atoms with van der Waals surface area (Å²) < 4.78 is 2.05. The monoisotopic (exact) mass is 309 g/mol. The number of carbonyl (C=O) groups is 1. The molecule has 0 saturated heterocycles. The van der Waals surface area contributed by atoms with E-state index in [1.54, 1.807) is 30.6 Å². The van der Waals surface area contributed by atoms with Crippen molar-refractivity contribution in [3.8, 4) is 0 Å². The number of carbonyl (C=O) groups excluding carboxylic acids is 1. The molecule has 1 amide bonds. The summed E-state index contributed by atoms with van der Waals surface area (Å²) in [5, 5.41) is 2.96. The zero-order valence-electron chi connectivity index (χ0n) is 13.4. The fraction of sp³-hybridized carbons (Fsp3) is 0.294. The Morgan fingerprint density at radius 2 is 1.87 bits per heavy atom. The third-order valence-electron chi connectivity index (χ3n) is 3.62. The predicted molar refractivity (Wildman–Crippen MR) is 88.0 cm³/mol. The van der Waals surface area contributed by atoms with Crippen LogP contribution in [0.25, 0.3) is 11.2 Å². The second-order valence-electron chi connectivity index (χ2n) is 5.69. The summed E-state index contributed by atoms with van der Waals surface area (Å²) in [6, 6.07) is 9.00. The number of hydrogen-bond donors (Lipinski definition) is 1. The molecule has 0 saturated carbocycles. The van der Waals surface area contributed by atoms with Gasteiger partial charge in [0.15, 0.2) is 5.65 Å². The number of nitrogens with zero attached hydrogens (tertiary/aromatic N) is 4. The van der Waals surface area contributed by atoms with Gasteiger partial charge in [-0.05, 0) is 45.0 Å². The van der Waals surface area contributed by atoms with E-state index in [1.807, 2.05) is 19.1 Å². The molecule has 0 aliphatic carbocycles. The van der Waals surface area contributed by atoms with Crippen LogP contribution in [-0.2, 0) is 0 Å². The maximum Gasteiger partial charge on any atom is 0.270 e. The Balaban J connectivity index is 1.93. The van der Waals surface area contributed by atoms with E-state index in [4.69, 9.17) is 0 Å². The van der Waals surface area contributed by atoms with E-state index in [2.05, 4.69) is 38.7 Å². The van der Waals surface area contributed by atoms with Crippen molar-refractivity contribution >= 4 is 17.1 Å². The Morgan fingerprint density at radius 3 is 2.57 bits per heavy atom. The van der Waals surface area contributed by atoms with Crippen LogP contribution in [0.1, 0.15) is 49.2 Å². The standard InChI is InChI=1S/C17H19N5O/c1-11(2)22-15(21-13-8-6-10-19-16(13)22)12(3)20-17(23)14-7-4-5-9-18-14/h4-12H,1-3H3,(H,20,23)/t12-/m1/s1. The summed E-state index contributed by atoms with van der Waals surface area (Å²) >= 11 is 0. The first kappa shape index (κ1) is 15.1. The number of pyridine rings is 2. The van der Waals surface area contributed by atoms with Crippen molar-refractivity contribution in [1.82, 2.24) is 24.8 Å². The van der Waals surface area contributed by atoms with Crippen molar-refractivity contribution in [2.45, 2.75) is 32.9 Å². The molecular weight excluding hydrogens is 290 g/mol. The molecule has 0 bridgehead atoms. The number of rotatable bonds is 4. The minimum absolute atomic E-state index is 0.194. The molecule has 0 aliphatic rings. The molecular formula is C17H19N5O. The van der Waals surface area contributed by atoms with Crippen molar-refractivity contribution < 1.29 is 4.79 Å². The minimum atomic E-state index is -0.249. The Hall–Kier alpha value is -2.76. The summed E-state index contributed by atoms with van der Waals surface area (Å²) in [7, 11) is 0. The number of hydrogen-bond acceptors (Lipinski definition) is 4. The summed E-state index contributed by atoms with van der Waals surface area (Å²) in [5.74, 6) is 0.575. The van der Waals surface area contributed by atoms with Gasteiger partial charge in [-0.15, -0.1) is 0 Å². The zero-order chi connectivity index (χ0) is 16.4. The number of nitrogens with one attached hydrogen (secondary N) is 1. The lowest BCUT2D eigenvalue weighted by Crippen LogP contribution is -2.29. The lowest BCUT2D eigenvalue weighted by Gasteiger charge is -2.18. The Kier molecular flexibility index (Phi) is 4.06. The molecule has 1 atom stereocenters. The second kappa shape index (κ2) is 6.16. The molecule has 23 heavy (non-hydrogen) atoms. The van der Waals surface area contributed by atoms with E-state index in [1.165, 1.54) is 0 Å². The summed E-state index contributed by atoms with van der Waals surface area (Å²) in [6.07, 6.45) is 3.36. The van der Waals surface area contributed by atoms with Crippen LogP contribution in [0.15, 0.2) is 42.7 Å². The van der Waals surface area contributed by atoms with Crippen molar-refractivity contribution in [2.24, 2.45) is 0 Å².